The predicted molar refractivity (Wildman–Crippen MR) is 86.1 cm³/mol. The van der Waals surface area contributed by atoms with Crippen LogP contribution in [0.25, 0.3) is 5.65 Å². The van der Waals surface area contributed by atoms with Crippen molar-refractivity contribution < 1.29 is 0 Å². The number of nitrogens with zero attached hydrogens (tertiary/aromatic N) is 3. The van der Waals surface area contributed by atoms with Gasteiger partial charge in [0.15, 0.2) is 10.8 Å². The predicted octanol–water partition coefficient (Wildman–Crippen LogP) is 4.15. The summed E-state index contributed by atoms with van der Waals surface area (Å²) >= 11 is 1.77. The van der Waals surface area contributed by atoms with E-state index in [1.54, 1.807) is 11.8 Å². The van der Waals surface area contributed by atoms with Gasteiger partial charge in [-0.2, -0.15) is 0 Å². The van der Waals surface area contributed by atoms with Gasteiger partial charge in [-0.05, 0) is 18.6 Å². The topological polar surface area (TPSA) is 56.2 Å². The van der Waals surface area contributed by atoms with Crippen LogP contribution in [0.1, 0.15) is 51.9 Å². The number of thioether (sulfide) groups is 1. The molecule has 0 atom stereocenters. The summed E-state index contributed by atoms with van der Waals surface area (Å²) in [5.74, 6) is 1.10. The smallest absolute Gasteiger partial charge is 0.195 e. The largest absolute Gasteiger partial charge is 0.398 e. The maximum Gasteiger partial charge on any atom is 0.195 e. The van der Waals surface area contributed by atoms with Crippen LogP contribution < -0.4 is 5.73 Å². The molecule has 110 valence electrons. The van der Waals surface area contributed by atoms with E-state index < -0.39 is 0 Å². The summed E-state index contributed by atoms with van der Waals surface area (Å²) in [5.41, 5.74) is 7.41. The van der Waals surface area contributed by atoms with Gasteiger partial charge in [0, 0.05) is 17.6 Å². The lowest BCUT2D eigenvalue weighted by Gasteiger charge is -2.02. The summed E-state index contributed by atoms with van der Waals surface area (Å²) in [6.07, 6.45) is 11.3. The van der Waals surface area contributed by atoms with Crippen LogP contribution in [-0.4, -0.2) is 20.4 Å². The first-order chi connectivity index (χ1) is 9.81. The second kappa shape index (κ2) is 8.15. The van der Waals surface area contributed by atoms with Crippen LogP contribution in [-0.2, 0) is 0 Å². The second-order valence-electron chi connectivity index (χ2n) is 5.14. The molecule has 0 bridgehead atoms. The van der Waals surface area contributed by atoms with Crippen molar-refractivity contribution in [1.82, 2.24) is 14.6 Å². The van der Waals surface area contributed by atoms with Gasteiger partial charge in [-0.25, -0.2) is 0 Å². The van der Waals surface area contributed by atoms with Crippen molar-refractivity contribution in [3.8, 4) is 0 Å². The normalized spacial score (nSPS) is 11.2. The molecule has 0 aromatic carbocycles. The molecule has 2 aromatic heterocycles. The van der Waals surface area contributed by atoms with Crippen molar-refractivity contribution in [2.75, 3.05) is 11.5 Å². The van der Waals surface area contributed by atoms with Gasteiger partial charge in [-0.15, -0.1) is 10.2 Å². The molecule has 0 saturated carbocycles. The molecule has 0 aliphatic carbocycles. The van der Waals surface area contributed by atoms with E-state index in [4.69, 9.17) is 5.73 Å². The van der Waals surface area contributed by atoms with Crippen LogP contribution in [0, 0.1) is 0 Å². The molecule has 20 heavy (non-hydrogen) atoms. The summed E-state index contributed by atoms with van der Waals surface area (Å²) in [7, 11) is 0. The Kier molecular flexibility index (Phi) is 6.18. The first-order valence-electron chi connectivity index (χ1n) is 7.54. The highest BCUT2D eigenvalue weighted by atomic mass is 32.2. The molecule has 0 amide bonds. The quantitative estimate of drug-likeness (QED) is 0.557. The third kappa shape index (κ3) is 4.40. The lowest BCUT2D eigenvalue weighted by atomic mass is 10.1. The number of unbranched alkanes of at least 4 members (excludes halogenated alkanes) is 6. The summed E-state index contributed by atoms with van der Waals surface area (Å²) in [6.45, 7) is 2.26. The average Bonchev–Trinajstić information content (AvgIpc) is 2.84. The van der Waals surface area contributed by atoms with E-state index in [1.165, 1.54) is 44.9 Å². The summed E-state index contributed by atoms with van der Waals surface area (Å²) in [4.78, 5) is 0. The zero-order chi connectivity index (χ0) is 14.2. The maximum atomic E-state index is 5.80. The minimum atomic E-state index is 0.745. The minimum absolute atomic E-state index is 0.745. The number of rotatable bonds is 9. The van der Waals surface area contributed by atoms with Crippen LogP contribution in [0.15, 0.2) is 23.5 Å². The van der Waals surface area contributed by atoms with Crippen LogP contribution in [0.4, 0.5) is 5.69 Å². The highest BCUT2D eigenvalue weighted by Crippen LogP contribution is 2.20. The number of aromatic nitrogens is 3. The van der Waals surface area contributed by atoms with Gasteiger partial charge in [0.25, 0.3) is 0 Å². The monoisotopic (exact) mass is 292 g/mol. The third-order valence-corrected chi connectivity index (χ3v) is 4.40. The van der Waals surface area contributed by atoms with Crippen LogP contribution in [0.3, 0.4) is 0 Å². The van der Waals surface area contributed by atoms with Gasteiger partial charge in [0.1, 0.15) is 0 Å². The number of nitrogens with two attached hydrogens (primary N) is 1. The van der Waals surface area contributed by atoms with Gasteiger partial charge in [-0.1, -0.05) is 57.2 Å². The SMILES string of the molecule is CCCCCCCCCSc1nnc2ccc(N)cn12. The number of pyridine rings is 1. The highest BCUT2D eigenvalue weighted by Gasteiger charge is 2.05. The molecule has 2 N–H and O–H groups in total. The Morgan fingerprint density at radius 2 is 1.80 bits per heavy atom. The Bertz CT molecular complexity index is 524. The molecule has 2 rings (SSSR count). The van der Waals surface area contributed by atoms with Gasteiger partial charge in [0.05, 0.1) is 0 Å². The summed E-state index contributed by atoms with van der Waals surface area (Å²) in [5, 5.41) is 9.30. The Balaban J connectivity index is 1.69. The van der Waals surface area contributed by atoms with Crippen molar-refractivity contribution in [3.63, 3.8) is 0 Å². The lowest BCUT2D eigenvalue weighted by Crippen LogP contribution is -1.92. The average molecular weight is 292 g/mol. The first kappa shape index (κ1) is 15.2. The lowest BCUT2D eigenvalue weighted by molar-refractivity contribution is 0.603. The van der Waals surface area contributed by atoms with Gasteiger partial charge in [0.2, 0.25) is 0 Å². The zero-order valence-electron chi connectivity index (χ0n) is 12.2. The van der Waals surface area contributed by atoms with E-state index >= 15 is 0 Å². The maximum absolute atomic E-state index is 5.80. The van der Waals surface area contributed by atoms with Gasteiger partial charge >= 0.3 is 0 Å². The van der Waals surface area contributed by atoms with E-state index in [1.807, 2.05) is 22.7 Å². The number of hydrogen-bond donors (Lipinski definition) is 1. The summed E-state index contributed by atoms with van der Waals surface area (Å²) in [6, 6.07) is 3.76. The second-order valence-corrected chi connectivity index (χ2v) is 6.21. The van der Waals surface area contributed by atoms with E-state index in [2.05, 4.69) is 17.1 Å². The molecular weight excluding hydrogens is 268 g/mol. The molecule has 0 radical (unpaired) electrons. The van der Waals surface area contributed by atoms with E-state index in [0.717, 1.165) is 22.2 Å². The van der Waals surface area contributed by atoms with Crippen LogP contribution in [0.2, 0.25) is 0 Å². The molecule has 2 heterocycles. The third-order valence-electron chi connectivity index (χ3n) is 3.37. The molecule has 0 aliphatic rings. The fourth-order valence-electron chi connectivity index (χ4n) is 2.21. The molecule has 4 nitrogen and oxygen atoms in total. The Hall–Kier alpha value is -1.23. The molecule has 0 fully saturated rings. The van der Waals surface area contributed by atoms with Gasteiger partial charge in [-0.3, -0.25) is 4.40 Å². The van der Waals surface area contributed by atoms with Gasteiger partial charge < -0.3 is 5.73 Å². The number of nitrogen functional groups attached to an aromatic ring is 1. The standard InChI is InChI=1S/C15H24N4S/c1-2-3-4-5-6-7-8-11-20-15-18-17-14-10-9-13(16)12-19(14)15/h9-10,12H,2-8,11,16H2,1H3. The Morgan fingerprint density at radius 3 is 2.60 bits per heavy atom. The van der Waals surface area contributed by atoms with E-state index in [0.29, 0.717) is 0 Å². The van der Waals surface area contributed by atoms with Crippen LogP contribution >= 0.6 is 11.8 Å². The van der Waals surface area contributed by atoms with Crippen molar-refractivity contribution in [3.05, 3.63) is 18.3 Å². The highest BCUT2D eigenvalue weighted by molar-refractivity contribution is 7.99. The van der Waals surface area contributed by atoms with Crippen molar-refractivity contribution in [2.24, 2.45) is 0 Å². The molecule has 2 aromatic rings. The molecule has 5 heteroatoms. The van der Waals surface area contributed by atoms with Crippen molar-refractivity contribution in [2.45, 2.75) is 57.0 Å². The van der Waals surface area contributed by atoms with Crippen LogP contribution in [0.5, 0.6) is 0 Å². The molecule has 0 saturated heterocycles. The molecular formula is C15H24N4S. The number of fused-ring (bicyclic) bond motifs is 1. The Morgan fingerprint density at radius 1 is 1.05 bits per heavy atom. The van der Waals surface area contributed by atoms with Crippen molar-refractivity contribution in [1.29, 1.82) is 0 Å². The van der Waals surface area contributed by atoms with Crippen molar-refractivity contribution >= 4 is 23.1 Å². The van der Waals surface area contributed by atoms with E-state index in [-0.39, 0.29) is 0 Å². The Labute approximate surface area is 125 Å². The zero-order valence-corrected chi connectivity index (χ0v) is 13.0. The summed E-state index contributed by atoms with van der Waals surface area (Å²) < 4.78 is 1.97. The molecule has 0 spiro atoms. The van der Waals surface area contributed by atoms with E-state index in [9.17, 15) is 0 Å². The molecule has 0 aliphatic heterocycles. The molecule has 0 unspecified atom stereocenters. The fraction of sp³-hybridized carbons (Fsp3) is 0.600. The fourth-order valence-corrected chi connectivity index (χ4v) is 3.12. The number of anilines is 1. The number of hydrogen-bond acceptors (Lipinski definition) is 4. The first-order valence-corrected chi connectivity index (χ1v) is 8.53. The minimum Gasteiger partial charge on any atom is -0.398 e.